The number of carbonyl (C=O) groups excluding carboxylic acids is 2. The highest BCUT2D eigenvalue weighted by atomic mass is 16.5. The van der Waals surface area contributed by atoms with Crippen molar-refractivity contribution in [2.75, 3.05) is 25.6 Å². The zero-order valence-corrected chi connectivity index (χ0v) is 18.6. The van der Waals surface area contributed by atoms with Gasteiger partial charge in [-0.05, 0) is 48.1 Å². The molecule has 0 aromatic heterocycles. The molecule has 1 amide bonds. The second kappa shape index (κ2) is 10.7. The molecule has 2 rings (SSSR count). The van der Waals surface area contributed by atoms with Crippen LogP contribution in [-0.4, -0.2) is 32.2 Å². The van der Waals surface area contributed by atoms with Gasteiger partial charge < -0.3 is 19.5 Å². The minimum absolute atomic E-state index is 0.248. The van der Waals surface area contributed by atoms with Crippen LogP contribution in [0.4, 0.5) is 5.69 Å². The summed E-state index contributed by atoms with van der Waals surface area (Å²) in [6.45, 7) is 10.2. The Kier molecular flexibility index (Phi) is 8.27. The SMILES string of the molecule is CCOc1cc(C(=O)OCC(=O)Nc2c(C(C)C)cccc2C(C)C)ccc1OC. The summed E-state index contributed by atoms with van der Waals surface area (Å²) < 4.78 is 15.9. The van der Waals surface area contributed by atoms with Crippen molar-refractivity contribution in [1.29, 1.82) is 0 Å². The molecule has 0 aliphatic carbocycles. The van der Waals surface area contributed by atoms with Crippen LogP contribution in [0, 0.1) is 0 Å². The van der Waals surface area contributed by atoms with Crippen LogP contribution in [0.15, 0.2) is 36.4 Å². The number of esters is 1. The van der Waals surface area contributed by atoms with Crippen LogP contribution >= 0.6 is 0 Å². The van der Waals surface area contributed by atoms with E-state index in [1.54, 1.807) is 18.2 Å². The van der Waals surface area contributed by atoms with Crippen LogP contribution < -0.4 is 14.8 Å². The van der Waals surface area contributed by atoms with E-state index in [9.17, 15) is 9.59 Å². The number of hydrogen-bond donors (Lipinski definition) is 1. The second-order valence-corrected chi connectivity index (χ2v) is 7.54. The van der Waals surface area contributed by atoms with Gasteiger partial charge in [-0.25, -0.2) is 4.79 Å². The van der Waals surface area contributed by atoms with E-state index in [4.69, 9.17) is 14.2 Å². The average Bonchev–Trinajstić information content (AvgIpc) is 2.72. The van der Waals surface area contributed by atoms with E-state index in [1.807, 2.05) is 25.1 Å². The Morgan fingerprint density at radius 2 is 1.60 bits per heavy atom. The van der Waals surface area contributed by atoms with E-state index in [1.165, 1.54) is 7.11 Å². The van der Waals surface area contributed by atoms with Crippen molar-refractivity contribution in [3.63, 3.8) is 0 Å². The molecule has 2 aromatic carbocycles. The third-order valence-electron chi connectivity index (χ3n) is 4.67. The van der Waals surface area contributed by atoms with Gasteiger partial charge in [-0.3, -0.25) is 4.79 Å². The topological polar surface area (TPSA) is 73.9 Å². The third kappa shape index (κ3) is 5.75. The summed E-state index contributed by atoms with van der Waals surface area (Å²) in [7, 11) is 1.53. The highest BCUT2D eigenvalue weighted by molar-refractivity contribution is 5.96. The molecule has 0 spiro atoms. The van der Waals surface area contributed by atoms with Crippen molar-refractivity contribution in [3.8, 4) is 11.5 Å². The maximum Gasteiger partial charge on any atom is 0.338 e. The number of amides is 1. The first-order valence-corrected chi connectivity index (χ1v) is 10.2. The van der Waals surface area contributed by atoms with Gasteiger partial charge in [-0.2, -0.15) is 0 Å². The molecule has 162 valence electrons. The molecule has 6 nitrogen and oxygen atoms in total. The second-order valence-electron chi connectivity index (χ2n) is 7.54. The highest BCUT2D eigenvalue weighted by Crippen LogP contribution is 2.32. The summed E-state index contributed by atoms with van der Waals surface area (Å²) >= 11 is 0. The number of benzene rings is 2. The van der Waals surface area contributed by atoms with Gasteiger partial charge in [0, 0.05) is 5.69 Å². The molecule has 0 bridgehead atoms. The van der Waals surface area contributed by atoms with Crippen LogP contribution in [0.2, 0.25) is 0 Å². The van der Waals surface area contributed by atoms with Gasteiger partial charge in [0.25, 0.3) is 5.91 Å². The Hall–Kier alpha value is -3.02. The molecule has 0 radical (unpaired) electrons. The molecule has 0 atom stereocenters. The quantitative estimate of drug-likeness (QED) is 0.577. The van der Waals surface area contributed by atoms with Crippen molar-refractivity contribution in [3.05, 3.63) is 53.1 Å². The van der Waals surface area contributed by atoms with E-state index >= 15 is 0 Å². The standard InChI is InChI=1S/C24H31NO5/c1-7-29-21-13-17(11-12-20(21)28-6)24(27)30-14-22(26)25-23-18(15(2)3)9-8-10-19(23)16(4)5/h8-13,15-16H,7,14H2,1-6H3,(H,25,26). The monoisotopic (exact) mass is 413 g/mol. The summed E-state index contributed by atoms with van der Waals surface area (Å²) in [6.07, 6.45) is 0. The predicted molar refractivity (Wildman–Crippen MR) is 118 cm³/mol. The molecular weight excluding hydrogens is 382 g/mol. The molecule has 0 aliphatic rings. The van der Waals surface area contributed by atoms with Gasteiger partial charge in [0.1, 0.15) is 0 Å². The number of ether oxygens (including phenoxy) is 3. The molecule has 0 heterocycles. The molecular formula is C24H31NO5. The lowest BCUT2D eigenvalue weighted by Gasteiger charge is -2.20. The van der Waals surface area contributed by atoms with E-state index in [0.29, 0.717) is 18.1 Å². The number of hydrogen-bond acceptors (Lipinski definition) is 5. The normalized spacial score (nSPS) is 10.8. The number of anilines is 1. The van der Waals surface area contributed by atoms with Gasteiger partial charge in [0.2, 0.25) is 0 Å². The lowest BCUT2D eigenvalue weighted by molar-refractivity contribution is -0.119. The number of para-hydroxylation sites is 1. The lowest BCUT2D eigenvalue weighted by Crippen LogP contribution is -2.22. The third-order valence-corrected chi connectivity index (χ3v) is 4.67. The molecule has 0 unspecified atom stereocenters. The Morgan fingerprint density at radius 1 is 0.967 bits per heavy atom. The molecule has 0 saturated heterocycles. The fourth-order valence-electron chi connectivity index (χ4n) is 3.16. The minimum Gasteiger partial charge on any atom is -0.493 e. The van der Waals surface area contributed by atoms with Gasteiger partial charge in [0.05, 0.1) is 19.3 Å². The Morgan fingerprint density at radius 3 is 2.13 bits per heavy atom. The van der Waals surface area contributed by atoms with Crippen LogP contribution in [0.25, 0.3) is 0 Å². The van der Waals surface area contributed by atoms with Gasteiger partial charge in [-0.1, -0.05) is 45.9 Å². The summed E-state index contributed by atoms with van der Waals surface area (Å²) in [6, 6.07) is 10.8. The molecule has 1 N–H and O–H groups in total. The highest BCUT2D eigenvalue weighted by Gasteiger charge is 2.18. The summed E-state index contributed by atoms with van der Waals surface area (Å²) in [4.78, 5) is 24.9. The molecule has 0 aliphatic heterocycles. The van der Waals surface area contributed by atoms with E-state index < -0.39 is 5.97 Å². The Bertz CT molecular complexity index is 863. The Balaban J connectivity index is 2.10. The number of rotatable bonds is 9. The van der Waals surface area contributed by atoms with Gasteiger partial charge in [-0.15, -0.1) is 0 Å². The molecule has 30 heavy (non-hydrogen) atoms. The molecule has 0 fully saturated rings. The largest absolute Gasteiger partial charge is 0.493 e. The van der Waals surface area contributed by atoms with Crippen molar-refractivity contribution in [2.24, 2.45) is 0 Å². The van der Waals surface area contributed by atoms with E-state index in [0.717, 1.165) is 16.8 Å². The number of nitrogens with one attached hydrogen (secondary N) is 1. The number of methoxy groups -OCH3 is 1. The summed E-state index contributed by atoms with van der Waals surface area (Å²) in [5, 5.41) is 2.94. The van der Waals surface area contributed by atoms with E-state index in [-0.39, 0.29) is 29.9 Å². The zero-order chi connectivity index (χ0) is 22.3. The van der Waals surface area contributed by atoms with Crippen LogP contribution in [0.5, 0.6) is 11.5 Å². The fourth-order valence-corrected chi connectivity index (χ4v) is 3.16. The van der Waals surface area contributed by atoms with Crippen LogP contribution in [0.1, 0.15) is 67.9 Å². The lowest BCUT2D eigenvalue weighted by atomic mass is 9.92. The first-order valence-electron chi connectivity index (χ1n) is 10.2. The average molecular weight is 414 g/mol. The summed E-state index contributed by atoms with van der Waals surface area (Å²) in [5.41, 5.74) is 3.19. The fraction of sp³-hybridized carbons (Fsp3) is 0.417. The van der Waals surface area contributed by atoms with Crippen molar-refractivity contribution in [1.82, 2.24) is 0 Å². The van der Waals surface area contributed by atoms with Gasteiger partial charge in [0.15, 0.2) is 18.1 Å². The number of carbonyl (C=O) groups is 2. The van der Waals surface area contributed by atoms with Crippen molar-refractivity contribution in [2.45, 2.75) is 46.5 Å². The maximum atomic E-state index is 12.5. The van der Waals surface area contributed by atoms with Crippen molar-refractivity contribution < 1.29 is 23.8 Å². The minimum atomic E-state index is -0.602. The van der Waals surface area contributed by atoms with Crippen LogP contribution in [0.3, 0.4) is 0 Å². The molecule has 0 saturated carbocycles. The Labute approximate surface area is 178 Å². The van der Waals surface area contributed by atoms with E-state index in [2.05, 4.69) is 33.0 Å². The smallest absolute Gasteiger partial charge is 0.338 e. The maximum absolute atomic E-state index is 12.5. The molecule has 6 heteroatoms. The first kappa shape index (κ1) is 23.3. The molecule has 2 aromatic rings. The predicted octanol–water partition coefficient (Wildman–Crippen LogP) is 5.14. The zero-order valence-electron chi connectivity index (χ0n) is 18.6. The van der Waals surface area contributed by atoms with Gasteiger partial charge >= 0.3 is 5.97 Å². The van der Waals surface area contributed by atoms with Crippen LogP contribution in [-0.2, 0) is 9.53 Å². The van der Waals surface area contributed by atoms with Crippen molar-refractivity contribution >= 4 is 17.6 Å². The summed E-state index contributed by atoms with van der Waals surface area (Å²) in [5.74, 6) is 0.492. The first-order chi connectivity index (χ1) is 14.3.